The van der Waals surface area contributed by atoms with E-state index >= 15 is 0 Å². The SMILES string of the molecule is C[C@@H](C(=O)Nc1cc(Cl)cc(Cl)c1)n1cnc2scc(-c3ccc4c(c3)CCCC4)c2c1=O. The number of nitrogens with one attached hydrogen (secondary N) is 1. The topological polar surface area (TPSA) is 64.0 Å². The van der Waals surface area contributed by atoms with Crippen molar-refractivity contribution < 1.29 is 4.79 Å². The van der Waals surface area contributed by atoms with Crippen molar-refractivity contribution in [3.63, 3.8) is 0 Å². The van der Waals surface area contributed by atoms with E-state index in [-0.39, 0.29) is 11.5 Å². The molecule has 0 bridgehead atoms. The maximum atomic E-state index is 13.5. The Balaban J connectivity index is 1.50. The van der Waals surface area contributed by atoms with Crippen LogP contribution in [0, 0.1) is 0 Å². The number of anilines is 1. The van der Waals surface area contributed by atoms with E-state index in [1.165, 1.54) is 46.2 Å². The molecule has 1 aliphatic carbocycles. The molecule has 2 aromatic heterocycles. The molecule has 5 nitrogen and oxygen atoms in total. The molecule has 168 valence electrons. The van der Waals surface area contributed by atoms with Gasteiger partial charge in [0.25, 0.3) is 5.56 Å². The number of carbonyl (C=O) groups is 1. The van der Waals surface area contributed by atoms with E-state index < -0.39 is 6.04 Å². The highest BCUT2D eigenvalue weighted by Gasteiger charge is 2.21. The van der Waals surface area contributed by atoms with Crippen LogP contribution in [0.25, 0.3) is 21.3 Å². The standard InChI is InChI=1S/C25H21Cl2N3O2S/c1-14(23(31)29-20-10-18(26)9-19(27)11-20)30-13-28-24-22(25(30)32)21(12-33-24)17-7-6-15-4-2-3-5-16(15)8-17/h6-14H,2-5H2,1H3,(H,29,31)/t14-/m0/s1. The number of hydrogen-bond donors (Lipinski definition) is 1. The first-order chi connectivity index (χ1) is 15.9. The van der Waals surface area contributed by atoms with Crippen LogP contribution in [0.1, 0.15) is 36.9 Å². The molecule has 0 saturated heterocycles. The molecule has 1 N–H and O–H groups in total. The van der Waals surface area contributed by atoms with E-state index in [4.69, 9.17) is 23.2 Å². The first-order valence-electron chi connectivity index (χ1n) is 10.8. The maximum absolute atomic E-state index is 13.5. The highest BCUT2D eigenvalue weighted by molar-refractivity contribution is 7.17. The molecule has 8 heteroatoms. The zero-order valence-electron chi connectivity index (χ0n) is 17.9. The van der Waals surface area contributed by atoms with Gasteiger partial charge in [-0.15, -0.1) is 11.3 Å². The number of benzene rings is 2. The van der Waals surface area contributed by atoms with Crippen molar-refractivity contribution in [2.75, 3.05) is 5.32 Å². The second-order valence-electron chi connectivity index (χ2n) is 8.30. The third-order valence-electron chi connectivity index (χ3n) is 6.11. The number of fused-ring (bicyclic) bond motifs is 2. The summed E-state index contributed by atoms with van der Waals surface area (Å²) in [5, 5.41) is 6.13. The molecule has 33 heavy (non-hydrogen) atoms. The minimum atomic E-state index is -0.775. The molecule has 0 radical (unpaired) electrons. The molecule has 0 unspecified atom stereocenters. The van der Waals surface area contributed by atoms with Crippen LogP contribution >= 0.6 is 34.5 Å². The molecule has 2 heterocycles. The molecular formula is C25H21Cl2N3O2S. The number of rotatable bonds is 4. The lowest BCUT2D eigenvalue weighted by atomic mass is 9.89. The first kappa shape index (κ1) is 22.1. The van der Waals surface area contributed by atoms with Gasteiger partial charge in [-0.05, 0) is 67.5 Å². The zero-order valence-corrected chi connectivity index (χ0v) is 20.2. The Morgan fingerprint density at radius 1 is 1.09 bits per heavy atom. The number of aromatic nitrogens is 2. The van der Waals surface area contributed by atoms with Gasteiger partial charge in [0.15, 0.2) is 0 Å². The summed E-state index contributed by atoms with van der Waals surface area (Å²) in [6.07, 6.45) is 6.04. The lowest BCUT2D eigenvalue weighted by molar-refractivity contribution is -0.118. The lowest BCUT2D eigenvalue weighted by Crippen LogP contribution is -2.31. The Morgan fingerprint density at radius 3 is 2.58 bits per heavy atom. The molecule has 0 fully saturated rings. The first-order valence-corrected chi connectivity index (χ1v) is 12.4. The number of amides is 1. The van der Waals surface area contributed by atoms with Crippen molar-refractivity contribution >= 4 is 56.3 Å². The third kappa shape index (κ3) is 4.31. The minimum Gasteiger partial charge on any atom is -0.324 e. The van der Waals surface area contributed by atoms with Gasteiger partial charge in [-0.3, -0.25) is 14.2 Å². The van der Waals surface area contributed by atoms with E-state index in [1.54, 1.807) is 25.1 Å². The summed E-state index contributed by atoms with van der Waals surface area (Å²) >= 11 is 13.5. The zero-order chi connectivity index (χ0) is 23.1. The minimum absolute atomic E-state index is 0.235. The van der Waals surface area contributed by atoms with E-state index in [2.05, 4.69) is 28.5 Å². The number of aryl methyl sites for hydroxylation is 2. The van der Waals surface area contributed by atoms with Crippen molar-refractivity contribution in [1.82, 2.24) is 9.55 Å². The van der Waals surface area contributed by atoms with Gasteiger partial charge in [0.2, 0.25) is 5.91 Å². The summed E-state index contributed by atoms with van der Waals surface area (Å²) in [6.45, 7) is 1.67. The predicted octanol–water partition coefficient (Wildman–Crippen LogP) is 6.51. The van der Waals surface area contributed by atoms with E-state index in [1.807, 2.05) is 5.38 Å². The Kier molecular flexibility index (Phi) is 5.99. The van der Waals surface area contributed by atoms with Gasteiger partial charge in [-0.25, -0.2) is 4.98 Å². The van der Waals surface area contributed by atoms with Gasteiger partial charge < -0.3 is 5.32 Å². The van der Waals surface area contributed by atoms with Gasteiger partial charge in [0.1, 0.15) is 10.9 Å². The number of nitrogens with zero attached hydrogens (tertiary/aromatic N) is 2. The quantitative estimate of drug-likeness (QED) is 0.349. The summed E-state index contributed by atoms with van der Waals surface area (Å²) in [6, 6.07) is 10.5. The Bertz CT molecular complexity index is 1420. The molecular weight excluding hydrogens is 477 g/mol. The van der Waals surface area contributed by atoms with E-state index in [9.17, 15) is 9.59 Å². The molecule has 1 aliphatic rings. The third-order valence-corrected chi connectivity index (χ3v) is 7.43. The molecule has 0 aliphatic heterocycles. The van der Waals surface area contributed by atoms with Gasteiger partial charge in [0, 0.05) is 26.7 Å². The second-order valence-corrected chi connectivity index (χ2v) is 10.0. The number of carbonyl (C=O) groups excluding carboxylic acids is 1. The van der Waals surface area contributed by atoms with E-state index in [0.29, 0.717) is 25.9 Å². The summed E-state index contributed by atoms with van der Waals surface area (Å²) in [4.78, 5) is 31.5. The number of halogens is 2. The summed E-state index contributed by atoms with van der Waals surface area (Å²) < 4.78 is 1.37. The van der Waals surface area contributed by atoms with Gasteiger partial charge in [-0.1, -0.05) is 41.4 Å². The second kappa shape index (κ2) is 8.93. The van der Waals surface area contributed by atoms with Crippen LogP contribution in [0.4, 0.5) is 5.69 Å². The predicted molar refractivity (Wildman–Crippen MR) is 136 cm³/mol. The van der Waals surface area contributed by atoms with Gasteiger partial charge in [-0.2, -0.15) is 0 Å². The Hall–Kier alpha value is -2.67. The summed E-state index contributed by atoms with van der Waals surface area (Å²) in [7, 11) is 0. The Morgan fingerprint density at radius 2 is 1.82 bits per heavy atom. The fourth-order valence-corrected chi connectivity index (χ4v) is 5.77. The van der Waals surface area contributed by atoms with Crippen molar-refractivity contribution in [2.24, 2.45) is 0 Å². The van der Waals surface area contributed by atoms with Crippen molar-refractivity contribution in [3.8, 4) is 11.1 Å². The summed E-state index contributed by atoms with van der Waals surface area (Å²) in [5.74, 6) is -0.359. The van der Waals surface area contributed by atoms with E-state index in [0.717, 1.165) is 24.0 Å². The van der Waals surface area contributed by atoms with Crippen molar-refractivity contribution in [2.45, 2.75) is 38.6 Å². The highest BCUT2D eigenvalue weighted by Crippen LogP contribution is 2.33. The maximum Gasteiger partial charge on any atom is 0.263 e. The van der Waals surface area contributed by atoms with Gasteiger partial charge in [0.05, 0.1) is 11.7 Å². The van der Waals surface area contributed by atoms with Crippen LogP contribution in [0.3, 0.4) is 0 Å². The van der Waals surface area contributed by atoms with Gasteiger partial charge >= 0.3 is 0 Å². The smallest absolute Gasteiger partial charge is 0.263 e. The molecule has 4 aromatic rings. The fourth-order valence-electron chi connectivity index (χ4n) is 4.33. The lowest BCUT2D eigenvalue weighted by Gasteiger charge is -2.17. The van der Waals surface area contributed by atoms with Crippen LogP contribution in [0.2, 0.25) is 10.0 Å². The number of thiophene rings is 1. The molecule has 1 atom stereocenters. The average molecular weight is 498 g/mol. The number of hydrogen-bond acceptors (Lipinski definition) is 4. The van der Waals surface area contributed by atoms with Crippen molar-refractivity contribution in [3.05, 3.63) is 79.6 Å². The van der Waals surface area contributed by atoms with Crippen molar-refractivity contribution in [1.29, 1.82) is 0 Å². The van der Waals surface area contributed by atoms with Crippen LogP contribution in [-0.2, 0) is 17.6 Å². The van der Waals surface area contributed by atoms with Crippen LogP contribution in [0.5, 0.6) is 0 Å². The molecule has 0 spiro atoms. The van der Waals surface area contributed by atoms with Crippen LogP contribution < -0.4 is 10.9 Å². The summed E-state index contributed by atoms with van der Waals surface area (Å²) in [5.41, 5.74) is 4.87. The molecule has 1 amide bonds. The largest absolute Gasteiger partial charge is 0.324 e. The fraction of sp³-hybridized carbons (Fsp3) is 0.240. The van der Waals surface area contributed by atoms with Crippen LogP contribution in [-0.4, -0.2) is 15.5 Å². The monoisotopic (exact) mass is 497 g/mol. The molecule has 2 aromatic carbocycles. The molecule has 0 saturated carbocycles. The normalized spacial score (nSPS) is 14.2. The molecule has 5 rings (SSSR count). The highest BCUT2D eigenvalue weighted by atomic mass is 35.5. The van der Waals surface area contributed by atoms with Crippen LogP contribution in [0.15, 0.2) is 52.9 Å². The average Bonchev–Trinajstić information content (AvgIpc) is 3.23. The Labute approximate surface area is 205 Å².